The monoisotopic (exact) mass is 571 g/mol. The summed E-state index contributed by atoms with van der Waals surface area (Å²) in [6.07, 6.45) is 2.12. The SMILES string of the molecule is CN(C)CCC[NH2+]c1cccc(-c2nc(-c3cccc(-c4noc(-c5cccc([NH2+]CCCN(C)C)n5)n4)n3)no2)n1. The summed E-state index contributed by atoms with van der Waals surface area (Å²) in [6.45, 7) is 3.94. The highest BCUT2D eigenvalue weighted by Crippen LogP contribution is 2.24. The lowest BCUT2D eigenvalue weighted by atomic mass is 10.2. The van der Waals surface area contributed by atoms with Crippen LogP contribution in [0.1, 0.15) is 12.8 Å². The summed E-state index contributed by atoms with van der Waals surface area (Å²) in [4.78, 5) is 27.4. The minimum Gasteiger partial charge on any atom is -0.332 e. The molecular weight excluding hydrogens is 534 g/mol. The predicted octanol–water partition coefficient (Wildman–Crippen LogP) is 1.60. The second-order valence-corrected chi connectivity index (χ2v) is 10.4. The van der Waals surface area contributed by atoms with Gasteiger partial charge in [-0.2, -0.15) is 19.9 Å². The number of hydrogen-bond acceptors (Lipinski definition) is 11. The van der Waals surface area contributed by atoms with Gasteiger partial charge in [0.1, 0.15) is 22.8 Å². The molecule has 5 heterocycles. The van der Waals surface area contributed by atoms with E-state index in [0.717, 1.165) is 50.7 Å². The van der Waals surface area contributed by atoms with Gasteiger partial charge in [-0.3, -0.25) is 10.6 Å². The van der Waals surface area contributed by atoms with Crippen molar-refractivity contribution in [3.8, 4) is 46.2 Å². The molecule has 0 spiro atoms. The molecule has 0 aliphatic rings. The van der Waals surface area contributed by atoms with Gasteiger partial charge in [-0.1, -0.05) is 28.5 Å². The maximum atomic E-state index is 5.54. The van der Waals surface area contributed by atoms with Gasteiger partial charge < -0.3 is 18.8 Å². The van der Waals surface area contributed by atoms with Crippen LogP contribution in [0.25, 0.3) is 46.2 Å². The maximum Gasteiger partial charge on any atom is 0.277 e. The van der Waals surface area contributed by atoms with Gasteiger partial charge in [-0.25, -0.2) is 4.98 Å². The Hall–Kier alpha value is -4.43. The minimum atomic E-state index is 0.326. The van der Waals surface area contributed by atoms with Crippen molar-refractivity contribution in [3.63, 3.8) is 0 Å². The van der Waals surface area contributed by atoms with Gasteiger partial charge in [0.15, 0.2) is 0 Å². The van der Waals surface area contributed by atoms with E-state index in [4.69, 9.17) is 9.05 Å². The highest BCUT2D eigenvalue weighted by atomic mass is 16.5. The smallest absolute Gasteiger partial charge is 0.277 e. The van der Waals surface area contributed by atoms with Crippen molar-refractivity contribution in [2.45, 2.75) is 12.8 Å². The molecule has 13 nitrogen and oxygen atoms in total. The number of aromatic nitrogens is 7. The van der Waals surface area contributed by atoms with Crippen LogP contribution in [0.2, 0.25) is 0 Å². The molecule has 4 N–H and O–H groups in total. The Morgan fingerprint density at radius 2 is 0.976 bits per heavy atom. The van der Waals surface area contributed by atoms with Crippen LogP contribution in [-0.2, 0) is 0 Å². The van der Waals surface area contributed by atoms with Gasteiger partial charge in [0.2, 0.25) is 23.3 Å². The van der Waals surface area contributed by atoms with Crippen molar-refractivity contribution in [3.05, 3.63) is 54.6 Å². The van der Waals surface area contributed by atoms with E-state index in [2.05, 4.69) is 83.9 Å². The lowest BCUT2D eigenvalue weighted by Gasteiger charge is -2.07. The first-order valence-electron chi connectivity index (χ1n) is 14.0. The molecule has 0 aliphatic heterocycles. The molecule has 0 radical (unpaired) electrons. The molecular formula is C29H37N11O2+2. The quantitative estimate of drug-likeness (QED) is 0.187. The fraction of sp³-hybridized carbons (Fsp3) is 0.345. The highest BCUT2D eigenvalue weighted by molar-refractivity contribution is 5.60. The molecule has 0 amide bonds. The second-order valence-electron chi connectivity index (χ2n) is 10.4. The van der Waals surface area contributed by atoms with Crippen LogP contribution < -0.4 is 10.6 Å². The summed E-state index contributed by atoms with van der Waals surface area (Å²) in [5, 5.41) is 12.5. The summed E-state index contributed by atoms with van der Waals surface area (Å²) >= 11 is 0. The molecule has 5 rings (SSSR count). The van der Waals surface area contributed by atoms with E-state index < -0.39 is 0 Å². The third-order valence-corrected chi connectivity index (χ3v) is 6.36. The van der Waals surface area contributed by atoms with Gasteiger partial charge in [0.25, 0.3) is 11.8 Å². The standard InChI is InChI=1S/C29H35N11O2/c1-39(2)18-8-16-30-24-14-6-12-22(33-24)28-35-26(37-41-28)20-10-5-11-21(32-20)27-36-29(42-38-27)23-13-7-15-25(34-23)31-17-9-19-40(3)4/h5-7,10-15H,8-9,16-19H2,1-4H3,(H,30,33)(H,31,34)/p+2. The number of quaternary nitrogens is 2. The average molecular weight is 572 g/mol. The van der Waals surface area contributed by atoms with Crippen molar-refractivity contribution < 1.29 is 19.7 Å². The zero-order valence-electron chi connectivity index (χ0n) is 24.4. The molecule has 5 aromatic rings. The topological polar surface area (TPSA) is 156 Å². The molecule has 0 saturated heterocycles. The number of pyridine rings is 3. The van der Waals surface area contributed by atoms with Crippen molar-refractivity contribution >= 4 is 11.6 Å². The summed E-state index contributed by atoms with van der Waals surface area (Å²) in [7, 11) is 8.28. The predicted molar refractivity (Wildman–Crippen MR) is 157 cm³/mol. The molecule has 0 unspecified atom stereocenters. The van der Waals surface area contributed by atoms with Crippen LogP contribution in [0, 0.1) is 0 Å². The Balaban J connectivity index is 1.26. The van der Waals surface area contributed by atoms with E-state index in [1.165, 1.54) is 0 Å². The third kappa shape index (κ3) is 7.85. The normalized spacial score (nSPS) is 11.6. The van der Waals surface area contributed by atoms with Crippen LogP contribution in [0.15, 0.2) is 63.6 Å². The zero-order valence-corrected chi connectivity index (χ0v) is 24.4. The summed E-state index contributed by atoms with van der Waals surface area (Å²) < 4.78 is 11.1. The first kappa shape index (κ1) is 29.1. The van der Waals surface area contributed by atoms with Crippen molar-refractivity contribution in [2.24, 2.45) is 0 Å². The minimum absolute atomic E-state index is 0.326. The zero-order chi connectivity index (χ0) is 29.3. The number of rotatable bonds is 14. The second kappa shape index (κ2) is 14.0. The van der Waals surface area contributed by atoms with E-state index in [1.807, 2.05) is 42.5 Å². The van der Waals surface area contributed by atoms with Gasteiger partial charge in [-0.15, -0.1) is 0 Å². The Bertz CT molecular complexity index is 1470. The molecule has 218 valence electrons. The van der Waals surface area contributed by atoms with E-state index in [0.29, 0.717) is 46.2 Å². The average Bonchev–Trinajstić information content (AvgIpc) is 3.69. The van der Waals surface area contributed by atoms with Crippen LogP contribution in [0.5, 0.6) is 0 Å². The van der Waals surface area contributed by atoms with E-state index in [9.17, 15) is 0 Å². The molecule has 5 aromatic heterocycles. The van der Waals surface area contributed by atoms with Gasteiger partial charge in [0.05, 0.1) is 13.1 Å². The van der Waals surface area contributed by atoms with Crippen LogP contribution >= 0.6 is 0 Å². The van der Waals surface area contributed by atoms with Crippen LogP contribution in [-0.4, -0.2) is 99.4 Å². The fourth-order valence-electron chi connectivity index (χ4n) is 4.23. The largest absolute Gasteiger partial charge is 0.332 e. The Morgan fingerprint density at radius 1 is 0.548 bits per heavy atom. The van der Waals surface area contributed by atoms with Crippen LogP contribution in [0.3, 0.4) is 0 Å². The third-order valence-electron chi connectivity index (χ3n) is 6.36. The number of hydrogen-bond donors (Lipinski definition) is 2. The Morgan fingerprint density at radius 3 is 1.43 bits per heavy atom. The number of nitrogens with zero attached hydrogens (tertiary/aromatic N) is 9. The van der Waals surface area contributed by atoms with Crippen molar-refractivity contribution in [1.82, 2.24) is 45.0 Å². The van der Waals surface area contributed by atoms with E-state index in [-0.39, 0.29) is 0 Å². The highest BCUT2D eigenvalue weighted by Gasteiger charge is 2.18. The summed E-state index contributed by atoms with van der Waals surface area (Å²) in [5.74, 6) is 3.09. The molecule has 0 saturated carbocycles. The maximum absolute atomic E-state index is 5.54. The lowest BCUT2D eigenvalue weighted by Crippen LogP contribution is -2.78. The number of nitrogens with two attached hydrogens (primary N) is 2. The van der Waals surface area contributed by atoms with Gasteiger partial charge >= 0.3 is 0 Å². The van der Waals surface area contributed by atoms with Crippen molar-refractivity contribution in [2.75, 3.05) is 54.4 Å². The fourth-order valence-corrected chi connectivity index (χ4v) is 4.23. The van der Waals surface area contributed by atoms with E-state index in [1.54, 1.807) is 12.1 Å². The lowest BCUT2D eigenvalue weighted by molar-refractivity contribution is -0.575. The van der Waals surface area contributed by atoms with Gasteiger partial charge in [-0.05, 0) is 52.5 Å². The first-order valence-corrected chi connectivity index (χ1v) is 14.0. The van der Waals surface area contributed by atoms with Crippen LogP contribution in [0.4, 0.5) is 11.6 Å². The van der Waals surface area contributed by atoms with Gasteiger partial charge in [0, 0.05) is 38.1 Å². The summed E-state index contributed by atoms with van der Waals surface area (Å²) in [6, 6.07) is 17.0. The summed E-state index contributed by atoms with van der Waals surface area (Å²) in [5.41, 5.74) is 2.26. The molecule has 42 heavy (non-hydrogen) atoms. The first-order chi connectivity index (χ1) is 20.4. The molecule has 13 heteroatoms. The molecule has 0 bridgehead atoms. The molecule has 0 fully saturated rings. The molecule has 0 atom stereocenters. The molecule has 0 aromatic carbocycles. The van der Waals surface area contributed by atoms with Crippen molar-refractivity contribution in [1.29, 1.82) is 0 Å². The molecule has 0 aliphatic carbocycles. The van der Waals surface area contributed by atoms with E-state index >= 15 is 0 Å². The Kier molecular flexibility index (Phi) is 9.66. The Labute approximate surface area is 244 Å².